The summed E-state index contributed by atoms with van der Waals surface area (Å²) in [6.07, 6.45) is 6.18. The Hall–Kier alpha value is -1.77. The molecule has 1 spiro atoms. The van der Waals surface area contributed by atoms with Gasteiger partial charge in [0.2, 0.25) is 0 Å². The molecule has 1 N–H and O–H groups in total. The van der Waals surface area contributed by atoms with Gasteiger partial charge in [-0.1, -0.05) is 24.3 Å². The lowest BCUT2D eigenvalue weighted by Crippen LogP contribution is -2.19. The average Bonchev–Trinajstić information content (AvgIpc) is 2.76. The van der Waals surface area contributed by atoms with E-state index in [0.717, 1.165) is 37.8 Å². The molecule has 0 saturated carbocycles. The van der Waals surface area contributed by atoms with E-state index in [2.05, 4.69) is 35.7 Å². The number of allylic oxidation sites excluding steroid dienone is 1. The standard InChI is InChI=1S/C17H21NO2/c1-2-20-16(19)14-7-8-17(12-14)9-10-18-15-6-4-3-5-13(15)11-17/h3-6,12,18H,2,7-11H2,1H3/t17-/m0/s1. The fourth-order valence-corrected chi connectivity index (χ4v) is 3.38. The predicted molar refractivity (Wildman–Crippen MR) is 79.6 cm³/mol. The lowest BCUT2D eigenvalue weighted by atomic mass is 9.79. The van der Waals surface area contributed by atoms with Crippen molar-refractivity contribution < 1.29 is 9.53 Å². The molecule has 3 nitrogen and oxygen atoms in total. The molecule has 0 bridgehead atoms. The van der Waals surface area contributed by atoms with Gasteiger partial charge in [-0.15, -0.1) is 0 Å². The van der Waals surface area contributed by atoms with E-state index in [1.807, 2.05) is 6.92 Å². The fraction of sp³-hybridized carbons (Fsp3) is 0.471. The molecule has 0 radical (unpaired) electrons. The summed E-state index contributed by atoms with van der Waals surface area (Å²) < 4.78 is 5.14. The molecule has 1 aliphatic heterocycles. The molecule has 0 saturated heterocycles. The molecule has 1 heterocycles. The van der Waals surface area contributed by atoms with E-state index in [1.54, 1.807) is 0 Å². The van der Waals surface area contributed by atoms with Crippen LogP contribution in [0.5, 0.6) is 0 Å². The summed E-state index contributed by atoms with van der Waals surface area (Å²) in [5, 5.41) is 3.50. The predicted octanol–water partition coefficient (Wildman–Crippen LogP) is 3.31. The third-order valence-corrected chi connectivity index (χ3v) is 4.41. The van der Waals surface area contributed by atoms with Crippen LogP contribution in [0.3, 0.4) is 0 Å². The normalized spacial score (nSPS) is 24.6. The molecule has 1 atom stereocenters. The summed E-state index contributed by atoms with van der Waals surface area (Å²) in [7, 11) is 0. The summed E-state index contributed by atoms with van der Waals surface area (Å²) in [5.41, 5.74) is 3.58. The zero-order valence-corrected chi connectivity index (χ0v) is 11.9. The summed E-state index contributed by atoms with van der Waals surface area (Å²) in [4.78, 5) is 11.9. The van der Waals surface area contributed by atoms with E-state index in [9.17, 15) is 4.79 Å². The van der Waals surface area contributed by atoms with Crippen molar-refractivity contribution in [2.24, 2.45) is 5.41 Å². The molecule has 3 rings (SSSR count). The number of hydrogen-bond acceptors (Lipinski definition) is 3. The molecule has 1 aliphatic carbocycles. The quantitative estimate of drug-likeness (QED) is 0.839. The van der Waals surface area contributed by atoms with Gasteiger partial charge < -0.3 is 10.1 Å². The molecule has 2 aliphatic rings. The second-order valence-corrected chi connectivity index (χ2v) is 5.76. The highest BCUT2D eigenvalue weighted by atomic mass is 16.5. The summed E-state index contributed by atoms with van der Waals surface area (Å²) >= 11 is 0. The van der Waals surface area contributed by atoms with Crippen molar-refractivity contribution in [3.8, 4) is 0 Å². The van der Waals surface area contributed by atoms with Gasteiger partial charge in [0.15, 0.2) is 0 Å². The van der Waals surface area contributed by atoms with E-state index in [4.69, 9.17) is 4.74 Å². The van der Waals surface area contributed by atoms with Gasteiger partial charge in [0, 0.05) is 17.8 Å². The third kappa shape index (κ3) is 2.45. The maximum atomic E-state index is 11.9. The van der Waals surface area contributed by atoms with E-state index in [1.165, 1.54) is 11.3 Å². The van der Waals surface area contributed by atoms with Gasteiger partial charge in [0.05, 0.1) is 6.61 Å². The van der Waals surface area contributed by atoms with Crippen LogP contribution in [0.1, 0.15) is 31.7 Å². The van der Waals surface area contributed by atoms with Crippen molar-refractivity contribution in [2.75, 3.05) is 18.5 Å². The Morgan fingerprint density at radius 3 is 3.05 bits per heavy atom. The van der Waals surface area contributed by atoms with Crippen LogP contribution in [0, 0.1) is 5.41 Å². The number of hydrogen-bond donors (Lipinski definition) is 1. The number of benzene rings is 1. The monoisotopic (exact) mass is 271 g/mol. The van der Waals surface area contributed by atoms with E-state index >= 15 is 0 Å². The number of ether oxygens (including phenoxy) is 1. The van der Waals surface area contributed by atoms with Gasteiger partial charge in [-0.3, -0.25) is 0 Å². The molecule has 3 heteroatoms. The van der Waals surface area contributed by atoms with Gasteiger partial charge in [-0.25, -0.2) is 4.79 Å². The fourth-order valence-electron chi connectivity index (χ4n) is 3.38. The molecule has 1 aromatic rings. The van der Waals surface area contributed by atoms with Crippen LogP contribution in [0.2, 0.25) is 0 Å². The summed E-state index contributed by atoms with van der Waals surface area (Å²) in [6, 6.07) is 8.48. The minimum Gasteiger partial charge on any atom is -0.463 e. The maximum Gasteiger partial charge on any atom is 0.333 e. The Balaban J connectivity index is 1.85. The molecule has 20 heavy (non-hydrogen) atoms. The van der Waals surface area contributed by atoms with Crippen LogP contribution in [0.4, 0.5) is 5.69 Å². The van der Waals surface area contributed by atoms with Crippen LogP contribution in [0.15, 0.2) is 35.9 Å². The number of rotatable bonds is 2. The Labute approximate surface area is 120 Å². The molecular formula is C17H21NO2. The van der Waals surface area contributed by atoms with Gasteiger partial charge in [0.1, 0.15) is 0 Å². The largest absolute Gasteiger partial charge is 0.463 e. The number of fused-ring (bicyclic) bond motifs is 1. The number of para-hydroxylation sites is 1. The van der Waals surface area contributed by atoms with Gasteiger partial charge >= 0.3 is 5.97 Å². The van der Waals surface area contributed by atoms with Crippen molar-refractivity contribution in [3.63, 3.8) is 0 Å². The lowest BCUT2D eigenvalue weighted by Gasteiger charge is -2.25. The molecule has 0 amide bonds. The van der Waals surface area contributed by atoms with Gasteiger partial charge in [0.25, 0.3) is 0 Å². The van der Waals surface area contributed by atoms with Crippen LogP contribution < -0.4 is 5.32 Å². The Morgan fingerprint density at radius 2 is 2.20 bits per heavy atom. The zero-order valence-electron chi connectivity index (χ0n) is 11.9. The highest BCUT2D eigenvalue weighted by Gasteiger charge is 2.36. The number of esters is 1. The molecule has 106 valence electrons. The molecule has 0 unspecified atom stereocenters. The first-order valence-corrected chi connectivity index (χ1v) is 7.43. The van der Waals surface area contributed by atoms with Crippen LogP contribution in [-0.2, 0) is 16.0 Å². The smallest absolute Gasteiger partial charge is 0.333 e. The molecule has 0 fully saturated rings. The topological polar surface area (TPSA) is 38.3 Å². The molecule has 1 aromatic carbocycles. The molecular weight excluding hydrogens is 250 g/mol. The first-order valence-electron chi connectivity index (χ1n) is 7.43. The van der Waals surface area contributed by atoms with Gasteiger partial charge in [-0.05, 0) is 49.7 Å². The van der Waals surface area contributed by atoms with Crippen molar-refractivity contribution in [1.82, 2.24) is 0 Å². The molecule has 0 aromatic heterocycles. The second-order valence-electron chi connectivity index (χ2n) is 5.76. The van der Waals surface area contributed by atoms with E-state index in [-0.39, 0.29) is 11.4 Å². The SMILES string of the molecule is CCOC(=O)C1=C[C@]2(CCNc3ccccc3C2)CC1. The highest BCUT2D eigenvalue weighted by Crippen LogP contribution is 2.44. The number of nitrogens with one attached hydrogen (secondary N) is 1. The van der Waals surface area contributed by atoms with Crippen molar-refractivity contribution in [3.05, 3.63) is 41.5 Å². The highest BCUT2D eigenvalue weighted by molar-refractivity contribution is 5.89. The number of carbonyl (C=O) groups is 1. The van der Waals surface area contributed by atoms with E-state index < -0.39 is 0 Å². The van der Waals surface area contributed by atoms with Crippen molar-refractivity contribution in [1.29, 1.82) is 0 Å². The van der Waals surface area contributed by atoms with Crippen molar-refractivity contribution in [2.45, 2.75) is 32.6 Å². The Bertz CT molecular complexity index is 550. The number of anilines is 1. The van der Waals surface area contributed by atoms with E-state index in [0.29, 0.717) is 6.61 Å². The van der Waals surface area contributed by atoms with Crippen LogP contribution in [0.25, 0.3) is 0 Å². The third-order valence-electron chi connectivity index (χ3n) is 4.41. The Kier molecular flexibility index (Phi) is 3.51. The van der Waals surface area contributed by atoms with Crippen molar-refractivity contribution >= 4 is 11.7 Å². The summed E-state index contributed by atoms with van der Waals surface area (Å²) in [6.45, 7) is 3.27. The van der Waals surface area contributed by atoms with Gasteiger partial charge in [-0.2, -0.15) is 0 Å². The minimum atomic E-state index is -0.130. The average molecular weight is 271 g/mol. The maximum absolute atomic E-state index is 11.9. The number of carbonyl (C=O) groups excluding carboxylic acids is 1. The summed E-state index contributed by atoms with van der Waals surface area (Å²) in [5.74, 6) is -0.130. The first-order chi connectivity index (χ1) is 9.72. The van der Waals surface area contributed by atoms with Crippen LogP contribution >= 0.6 is 0 Å². The van der Waals surface area contributed by atoms with Crippen LogP contribution in [-0.4, -0.2) is 19.1 Å². The minimum absolute atomic E-state index is 0.127. The Morgan fingerprint density at radius 1 is 1.35 bits per heavy atom. The second kappa shape index (κ2) is 5.31. The first kappa shape index (κ1) is 13.2. The zero-order chi connectivity index (χ0) is 14.0. The lowest BCUT2D eigenvalue weighted by molar-refractivity contribution is -0.138.